The molecule has 2 bridgehead atoms. The smallest absolute Gasteiger partial charge is 0.331 e. The van der Waals surface area contributed by atoms with Crippen LogP contribution in [0, 0.1) is 5.92 Å². The van der Waals surface area contributed by atoms with Crippen LogP contribution in [0.15, 0.2) is 54.7 Å². The number of piperidine rings is 4. The van der Waals surface area contributed by atoms with Crippen LogP contribution < -0.4 is 5.32 Å². The van der Waals surface area contributed by atoms with E-state index < -0.39 is 5.54 Å². The monoisotopic (exact) mass is 516 g/mol. The number of ether oxygens (including phenoxy) is 1. The third-order valence-corrected chi connectivity index (χ3v) is 9.22. The van der Waals surface area contributed by atoms with Gasteiger partial charge < -0.3 is 14.5 Å². The van der Waals surface area contributed by atoms with Gasteiger partial charge in [0.2, 0.25) is 0 Å². The van der Waals surface area contributed by atoms with Crippen molar-refractivity contribution in [1.29, 1.82) is 0 Å². The predicted molar refractivity (Wildman–Crippen MR) is 146 cm³/mol. The lowest BCUT2D eigenvalue weighted by atomic mass is 9.82. The fourth-order valence-corrected chi connectivity index (χ4v) is 6.89. The molecule has 0 spiro atoms. The van der Waals surface area contributed by atoms with Gasteiger partial charge in [0, 0.05) is 29.8 Å². The first-order valence-electron chi connectivity index (χ1n) is 14.0. The van der Waals surface area contributed by atoms with E-state index in [0.717, 1.165) is 74.0 Å². The lowest BCUT2D eigenvalue weighted by molar-refractivity contribution is -0.939. The standard InChI is InChI=1S/C30H37N5O3/c1-30(24-8-4-2-5-9-24,34-14-6-3-7-15-34)29(37)38-27-20-35(16-12-22(27)13-17-35)21-28(36)32-25-10-11-26-23(18-25)19-31-33-26/h2,4-5,8-11,18-19,22,27H,3,6-7,12-17,20-21H2,1H3,(H-,31,32,33,36)/p+1/t22?,27-,30?,35?/m0/s1. The zero-order chi connectivity index (χ0) is 26.2. The summed E-state index contributed by atoms with van der Waals surface area (Å²) in [6.45, 7) is 6.84. The molecule has 8 nitrogen and oxygen atoms in total. The van der Waals surface area contributed by atoms with Crippen molar-refractivity contribution in [3.05, 3.63) is 60.3 Å². The van der Waals surface area contributed by atoms with Gasteiger partial charge in [-0.1, -0.05) is 36.8 Å². The van der Waals surface area contributed by atoms with Crippen molar-refractivity contribution >= 4 is 28.5 Å². The first kappa shape index (κ1) is 25.1. The summed E-state index contributed by atoms with van der Waals surface area (Å²) in [6, 6.07) is 15.9. The molecule has 2 N–H and O–H groups in total. The van der Waals surface area contributed by atoms with Crippen LogP contribution in [-0.2, 0) is 19.9 Å². The third kappa shape index (κ3) is 4.71. The van der Waals surface area contributed by atoms with Crippen molar-refractivity contribution in [3.8, 4) is 0 Å². The fraction of sp³-hybridized carbons (Fsp3) is 0.500. The number of quaternary nitrogens is 1. The first-order chi connectivity index (χ1) is 18.5. The molecule has 1 amide bonds. The maximum absolute atomic E-state index is 14.0. The topological polar surface area (TPSA) is 87.3 Å². The molecule has 4 aliphatic rings. The Hall–Kier alpha value is -3.23. The number of aromatic amines is 1. The molecular weight excluding hydrogens is 478 g/mol. The normalized spacial score (nSPS) is 27.1. The Bertz CT molecular complexity index is 1290. The van der Waals surface area contributed by atoms with Crippen molar-refractivity contribution in [2.24, 2.45) is 5.92 Å². The molecule has 38 heavy (non-hydrogen) atoms. The molecule has 4 fully saturated rings. The number of amides is 1. The van der Waals surface area contributed by atoms with Crippen molar-refractivity contribution in [2.75, 3.05) is 44.6 Å². The number of carbonyl (C=O) groups is 2. The summed E-state index contributed by atoms with van der Waals surface area (Å²) < 4.78 is 7.10. The average molecular weight is 517 g/mol. The molecule has 2 atom stereocenters. The molecule has 0 aliphatic carbocycles. The van der Waals surface area contributed by atoms with E-state index in [2.05, 4.69) is 20.4 Å². The van der Waals surface area contributed by atoms with Gasteiger partial charge in [0.1, 0.15) is 12.1 Å². The van der Waals surface area contributed by atoms with E-state index in [1.807, 2.05) is 55.5 Å². The second kappa shape index (κ2) is 10.2. The minimum atomic E-state index is -0.804. The van der Waals surface area contributed by atoms with Crippen LogP contribution >= 0.6 is 0 Å². The summed E-state index contributed by atoms with van der Waals surface area (Å²) in [5.41, 5.74) is 1.91. The number of H-pyrrole nitrogens is 1. The molecule has 2 aromatic carbocycles. The van der Waals surface area contributed by atoms with Gasteiger partial charge in [-0.3, -0.25) is 14.8 Å². The Morgan fingerprint density at radius 3 is 2.63 bits per heavy atom. The molecule has 1 aromatic heterocycles. The summed E-state index contributed by atoms with van der Waals surface area (Å²) in [6.07, 6.45) is 6.98. The summed E-state index contributed by atoms with van der Waals surface area (Å²) in [5.74, 6) is 0.216. The number of carbonyl (C=O) groups excluding carboxylic acids is 2. The van der Waals surface area contributed by atoms with Crippen LogP contribution in [-0.4, -0.2) is 76.8 Å². The fourth-order valence-electron chi connectivity index (χ4n) is 6.89. The molecule has 4 aliphatic heterocycles. The number of anilines is 1. The van der Waals surface area contributed by atoms with Crippen molar-refractivity contribution in [2.45, 2.75) is 50.7 Å². The molecule has 3 aromatic rings. The molecule has 7 rings (SSSR count). The predicted octanol–water partition coefficient (Wildman–Crippen LogP) is 4.05. The number of benzene rings is 2. The Morgan fingerprint density at radius 2 is 1.87 bits per heavy atom. The van der Waals surface area contributed by atoms with Gasteiger partial charge in [0.25, 0.3) is 5.91 Å². The number of rotatable bonds is 7. The number of hydrogen-bond donors (Lipinski definition) is 2. The molecule has 8 heteroatoms. The van der Waals surface area contributed by atoms with Crippen LogP contribution in [0.25, 0.3) is 10.9 Å². The van der Waals surface area contributed by atoms with Crippen LogP contribution in [0.2, 0.25) is 0 Å². The second-order valence-electron chi connectivity index (χ2n) is 11.6. The largest absolute Gasteiger partial charge is 0.454 e. The van der Waals surface area contributed by atoms with Crippen LogP contribution in [0.5, 0.6) is 0 Å². The zero-order valence-electron chi connectivity index (χ0n) is 22.2. The highest BCUT2D eigenvalue weighted by atomic mass is 16.5. The van der Waals surface area contributed by atoms with E-state index in [-0.39, 0.29) is 18.0 Å². The van der Waals surface area contributed by atoms with Gasteiger partial charge in [-0.05, 0) is 56.6 Å². The number of hydrogen-bond acceptors (Lipinski definition) is 5. The number of nitrogens with one attached hydrogen (secondary N) is 2. The highest BCUT2D eigenvalue weighted by Gasteiger charge is 2.51. The minimum absolute atomic E-state index is 0.000659. The third-order valence-electron chi connectivity index (χ3n) is 9.22. The number of likely N-dealkylation sites (tertiary alicyclic amines) is 1. The maximum Gasteiger partial charge on any atom is 0.331 e. The summed E-state index contributed by atoms with van der Waals surface area (Å²) in [5, 5.41) is 11.0. The number of aromatic nitrogens is 2. The van der Waals surface area contributed by atoms with E-state index >= 15 is 0 Å². The number of nitrogens with zero attached hydrogens (tertiary/aromatic N) is 3. The molecule has 5 heterocycles. The Labute approximate surface area is 223 Å². The lowest BCUT2D eigenvalue weighted by Crippen LogP contribution is -2.66. The molecular formula is C30H38N5O3+. The van der Waals surface area contributed by atoms with E-state index in [4.69, 9.17) is 4.74 Å². The van der Waals surface area contributed by atoms with E-state index in [0.29, 0.717) is 23.5 Å². The maximum atomic E-state index is 14.0. The van der Waals surface area contributed by atoms with E-state index in [1.165, 1.54) is 6.42 Å². The molecule has 0 radical (unpaired) electrons. The Balaban J connectivity index is 1.16. The van der Waals surface area contributed by atoms with Crippen LogP contribution in [0.3, 0.4) is 0 Å². The quantitative estimate of drug-likeness (QED) is 0.365. The van der Waals surface area contributed by atoms with Crippen molar-refractivity contribution in [1.82, 2.24) is 15.1 Å². The van der Waals surface area contributed by atoms with Crippen LogP contribution in [0.1, 0.15) is 44.6 Å². The lowest BCUT2D eigenvalue weighted by Gasteiger charge is -2.52. The molecule has 200 valence electrons. The highest BCUT2D eigenvalue weighted by Crippen LogP contribution is 2.38. The summed E-state index contributed by atoms with van der Waals surface area (Å²) >= 11 is 0. The first-order valence-corrected chi connectivity index (χ1v) is 14.0. The Kier molecular flexibility index (Phi) is 6.70. The van der Waals surface area contributed by atoms with Gasteiger partial charge >= 0.3 is 5.97 Å². The van der Waals surface area contributed by atoms with Crippen molar-refractivity contribution in [3.63, 3.8) is 0 Å². The molecule has 1 unspecified atom stereocenters. The summed E-state index contributed by atoms with van der Waals surface area (Å²) in [4.78, 5) is 29.5. The SMILES string of the molecule is CC(C(=O)O[C@H]1C[N+]2(CC(=O)Nc3ccc4[nH]ncc4c3)CCC1CC2)(c1ccccc1)N1CCCCC1. The van der Waals surface area contributed by atoms with Gasteiger partial charge in [0.05, 0.1) is 24.8 Å². The van der Waals surface area contributed by atoms with Crippen LogP contribution in [0.4, 0.5) is 5.69 Å². The van der Waals surface area contributed by atoms with E-state index in [9.17, 15) is 9.59 Å². The number of esters is 1. The average Bonchev–Trinajstić information content (AvgIpc) is 3.42. The second-order valence-corrected chi connectivity index (χ2v) is 11.6. The van der Waals surface area contributed by atoms with Gasteiger partial charge in [-0.2, -0.15) is 5.10 Å². The highest BCUT2D eigenvalue weighted by molar-refractivity contribution is 5.94. The van der Waals surface area contributed by atoms with Gasteiger partial charge in [-0.15, -0.1) is 0 Å². The minimum Gasteiger partial charge on any atom is -0.454 e. The molecule has 0 saturated carbocycles. The number of fused-ring (bicyclic) bond motifs is 4. The van der Waals surface area contributed by atoms with E-state index in [1.54, 1.807) is 6.20 Å². The van der Waals surface area contributed by atoms with Gasteiger partial charge in [0.15, 0.2) is 12.6 Å². The zero-order valence-corrected chi connectivity index (χ0v) is 22.2. The Morgan fingerprint density at radius 1 is 1.11 bits per heavy atom. The van der Waals surface area contributed by atoms with Gasteiger partial charge in [-0.25, -0.2) is 4.79 Å². The summed E-state index contributed by atoms with van der Waals surface area (Å²) in [7, 11) is 0. The molecule has 4 saturated heterocycles. The van der Waals surface area contributed by atoms with Crippen molar-refractivity contribution < 1.29 is 18.8 Å².